The van der Waals surface area contributed by atoms with E-state index in [9.17, 15) is 9.90 Å². The number of aldehydes is 1. The predicted molar refractivity (Wildman–Crippen MR) is 137 cm³/mol. The number of nitrogen functional groups attached to an aromatic ring is 1. The minimum absolute atomic E-state index is 0.0193. The molecule has 6 rings (SSSR count). The number of hydrogen-bond acceptors (Lipinski definition) is 10. The van der Waals surface area contributed by atoms with Gasteiger partial charge in [0.15, 0.2) is 23.0 Å². The largest absolute Gasteiger partial charge is 0.650 e. The number of anilines is 1. The lowest BCUT2D eigenvalue weighted by molar-refractivity contribution is -0.109. The molecule has 2 bridgehead atoms. The third-order valence-corrected chi connectivity index (χ3v) is 7.96. The summed E-state index contributed by atoms with van der Waals surface area (Å²) in [5.41, 5.74) is 10.8. The average molecular weight is 524 g/mol. The molecule has 1 saturated heterocycles. The van der Waals surface area contributed by atoms with E-state index in [0.717, 1.165) is 34.1 Å². The second-order valence-electron chi connectivity index (χ2n) is 9.99. The maximum atomic E-state index is 12.0. The molecule has 0 saturated carbocycles. The first kappa shape index (κ1) is 24.8. The van der Waals surface area contributed by atoms with Crippen molar-refractivity contribution < 1.29 is 33.7 Å². The molecule has 0 radical (unpaired) electrons. The highest BCUT2D eigenvalue weighted by molar-refractivity contribution is 5.70. The molecule has 11 nitrogen and oxygen atoms in total. The van der Waals surface area contributed by atoms with Crippen LogP contribution in [0.15, 0.2) is 18.7 Å². The van der Waals surface area contributed by atoms with Crippen molar-refractivity contribution in [3.05, 3.63) is 51.9 Å². The van der Waals surface area contributed by atoms with E-state index in [0.29, 0.717) is 43.2 Å². The van der Waals surface area contributed by atoms with E-state index in [1.807, 2.05) is 6.92 Å². The third-order valence-electron chi connectivity index (χ3n) is 7.96. The standard InChI is InChI=1S/C27H31N4O7/c1-3-6-34-24-13(2)25-27(36-11-35-25)21-16(24)9-19-22-20-14(8-17(28)23(33)26(20)37-12-38-29)7-15(30-22)10-31(19)18(21)4-5-32/h3,5,8,15,18-19,22,33H,1,4,6-7,9-12,28-29H2,2H3/q-1/t15-,18-,19?,22-/m0/s1. The van der Waals surface area contributed by atoms with Gasteiger partial charge in [-0.25, -0.2) is 5.90 Å². The van der Waals surface area contributed by atoms with Gasteiger partial charge >= 0.3 is 0 Å². The Hall–Kier alpha value is -3.51. The third kappa shape index (κ3) is 3.69. The minimum Gasteiger partial charge on any atom is -0.650 e. The summed E-state index contributed by atoms with van der Waals surface area (Å²) in [6.07, 6.45) is 4.11. The van der Waals surface area contributed by atoms with Gasteiger partial charge in [0.1, 0.15) is 18.6 Å². The summed E-state index contributed by atoms with van der Waals surface area (Å²) < 4.78 is 23.8. The van der Waals surface area contributed by atoms with Gasteiger partial charge in [-0.2, -0.15) is 0 Å². The van der Waals surface area contributed by atoms with E-state index < -0.39 is 0 Å². The fourth-order valence-corrected chi connectivity index (χ4v) is 6.59. The molecule has 4 aliphatic heterocycles. The van der Waals surface area contributed by atoms with E-state index in [1.165, 1.54) is 0 Å². The lowest BCUT2D eigenvalue weighted by atomic mass is 9.74. The topological polar surface area (TPSA) is 153 Å². The summed E-state index contributed by atoms with van der Waals surface area (Å²) in [6.45, 7) is 6.59. The van der Waals surface area contributed by atoms with Crippen LogP contribution in [0.1, 0.15) is 46.3 Å². The molecule has 1 fully saturated rings. The van der Waals surface area contributed by atoms with Gasteiger partial charge in [-0.3, -0.25) is 9.74 Å². The highest BCUT2D eigenvalue weighted by Gasteiger charge is 2.46. The number of carbonyl (C=O) groups excluding carboxylic acids is 1. The van der Waals surface area contributed by atoms with Crippen molar-refractivity contribution in [3.63, 3.8) is 0 Å². The molecule has 0 aromatic heterocycles. The maximum absolute atomic E-state index is 12.0. The van der Waals surface area contributed by atoms with E-state index in [4.69, 9.17) is 35.9 Å². The van der Waals surface area contributed by atoms with Crippen LogP contribution in [0, 0.1) is 6.92 Å². The van der Waals surface area contributed by atoms with Crippen molar-refractivity contribution in [1.29, 1.82) is 0 Å². The van der Waals surface area contributed by atoms with Crippen LogP contribution in [-0.4, -0.2) is 55.1 Å². The highest BCUT2D eigenvalue weighted by atomic mass is 16.7. The molecule has 2 aromatic rings. The molecule has 4 aliphatic rings. The molecule has 0 spiro atoms. The molecule has 11 heteroatoms. The number of nitrogens with two attached hydrogens (primary N) is 2. The Bertz CT molecular complexity index is 1300. The van der Waals surface area contributed by atoms with Crippen molar-refractivity contribution in [2.75, 3.05) is 32.5 Å². The number of hydrogen-bond donors (Lipinski definition) is 3. The van der Waals surface area contributed by atoms with Gasteiger partial charge in [0.2, 0.25) is 13.6 Å². The fraction of sp³-hybridized carbons (Fsp3) is 0.444. The summed E-state index contributed by atoms with van der Waals surface area (Å²) in [5.74, 6) is 7.33. The molecule has 4 atom stereocenters. The average Bonchev–Trinajstić information content (AvgIpc) is 3.40. The van der Waals surface area contributed by atoms with Gasteiger partial charge in [-0.15, -0.1) is 6.04 Å². The Kier molecular flexibility index (Phi) is 6.31. The first-order valence-corrected chi connectivity index (χ1v) is 12.6. The number of rotatable bonds is 8. The van der Waals surface area contributed by atoms with Gasteiger partial charge in [-0.1, -0.05) is 18.7 Å². The number of piperazine rings is 1. The Labute approximate surface area is 220 Å². The number of fused-ring (bicyclic) bond motifs is 9. The van der Waals surface area contributed by atoms with Gasteiger partial charge in [0.25, 0.3) is 0 Å². The predicted octanol–water partition coefficient (Wildman–Crippen LogP) is 2.71. The van der Waals surface area contributed by atoms with E-state index in [1.54, 1.807) is 12.1 Å². The summed E-state index contributed by atoms with van der Waals surface area (Å²) in [5, 5.41) is 16.0. The molecule has 2 aromatic carbocycles. The summed E-state index contributed by atoms with van der Waals surface area (Å²) in [4.78, 5) is 19.0. The molecule has 202 valence electrons. The van der Waals surface area contributed by atoms with Crippen LogP contribution in [-0.2, 0) is 22.5 Å². The highest BCUT2D eigenvalue weighted by Crippen LogP contribution is 2.58. The van der Waals surface area contributed by atoms with Crippen molar-refractivity contribution in [1.82, 2.24) is 4.90 Å². The second-order valence-corrected chi connectivity index (χ2v) is 9.99. The SMILES string of the molecule is C=CCOc1c(C)c2c(c3c1CC1[C@@H]4[N-][C@@H](Cc5cc(N)c(O)c(OCON)c54)CN1[C@H]3CC=O)OCO2. The lowest BCUT2D eigenvalue weighted by Crippen LogP contribution is -2.55. The molecule has 0 aliphatic carbocycles. The van der Waals surface area contributed by atoms with Crippen LogP contribution in [0.3, 0.4) is 0 Å². The Balaban J connectivity index is 1.53. The maximum Gasteiger partial charge on any atom is 0.231 e. The summed E-state index contributed by atoms with van der Waals surface area (Å²) in [7, 11) is 0. The minimum atomic E-state index is -0.350. The van der Waals surface area contributed by atoms with Crippen LogP contribution >= 0.6 is 0 Å². The van der Waals surface area contributed by atoms with Crippen molar-refractivity contribution in [2.24, 2.45) is 5.90 Å². The Morgan fingerprint density at radius 2 is 2.05 bits per heavy atom. The molecular weight excluding hydrogens is 492 g/mol. The zero-order chi connectivity index (χ0) is 26.6. The lowest BCUT2D eigenvalue weighted by Gasteiger charge is -2.62. The van der Waals surface area contributed by atoms with Gasteiger partial charge in [0, 0.05) is 35.2 Å². The van der Waals surface area contributed by atoms with Crippen LogP contribution in [0.5, 0.6) is 28.7 Å². The first-order valence-electron chi connectivity index (χ1n) is 12.6. The van der Waals surface area contributed by atoms with Crippen LogP contribution < -0.4 is 30.6 Å². The zero-order valence-corrected chi connectivity index (χ0v) is 21.1. The molecule has 0 amide bonds. The van der Waals surface area contributed by atoms with E-state index in [2.05, 4.69) is 16.3 Å². The number of benzene rings is 2. The van der Waals surface area contributed by atoms with Gasteiger partial charge in [0.05, 0.1) is 5.69 Å². The Morgan fingerprint density at radius 3 is 2.82 bits per heavy atom. The summed E-state index contributed by atoms with van der Waals surface area (Å²) in [6, 6.07) is 1.03. The number of ether oxygens (including phenoxy) is 4. The fourth-order valence-electron chi connectivity index (χ4n) is 6.59. The van der Waals surface area contributed by atoms with Gasteiger partial charge in [-0.05, 0) is 43.5 Å². The quantitative estimate of drug-likeness (QED) is 0.118. The normalized spacial score (nSPS) is 24.7. The zero-order valence-electron chi connectivity index (χ0n) is 21.1. The number of phenolic OH excluding ortho intramolecular Hbond substituents is 1. The smallest absolute Gasteiger partial charge is 0.231 e. The molecule has 1 unspecified atom stereocenters. The number of phenols is 1. The van der Waals surface area contributed by atoms with Crippen molar-refractivity contribution in [3.8, 4) is 28.7 Å². The van der Waals surface area contributed by atoms with Crippen LogP contribution in [0.4, 0.5) is 5.69 Å². The molecule has 38 heavy (non-hydrogen) atoms. The van der Waals surface area contributed by atoms with Crippen molar-refractivity contribution in [2.45, 2.75) is 50.4 Å². The number of carbonyl (C=O) groups is 1. The monoisotopic (exact) mass is 523 g/mol. The summed E-state index contributed by atoms with van der Waals surface area (Å²) >= 11 is 0. The molecule has 4 heterocycles. The Morgan fingerprint density at radius 1 is 1.24 bits per heavy atom. The van der Waals surface area contributed by atoms with Gasteiger partial charge < -0.3 is 39.9 Å². The second kappa shape index (κ2) is 9.66. The number of nitrogens with zero attached hydrogens (tertiary/aromatic N) is 2. The van der Waals surface area contributed by atoms with E-state index >= 15 is 0 Å². The molecular formula is C27H31N4O7-. The van der Waals surface area contributed by atoms with Crippen LogP contribution in [0.2, 0.25) is 0 Å². The first-order chi connectivity index (χ1) is 18.5. The molecule has 5 N–H and O–H groups in total. The number of aromatic hydroxyl groups is 1. The van der Waals surface area contributed by atoms with Crippen LogP contribution in [0.25, 0.3) is 5.32 Å². The van der Waals surface area contributed by atoms with E-state index in [-0.39, 0.29) is 61.4 Å². The van der Waals surface area contributed by atoms with Crippen molar-refractivity contribution >= 4 is 12.0 Å².